The molecule has 0 fully saturated rings. The second-order valence-electron chi connectivity index (χ2n) is 5.26. The summed E-state index contributed by atoms with van der Waals surface area (Å²) in [6.45, 7) is 6.30. The van der Waals surface area contributed by atoms with Gasteiger partial charge in [-0.15, -0.1) is 11.3 Å². The van der Waals surface area contributed by atoms with E-state index in [0.29, 0.717) is 18.0 Å². The number of aryl methyl sites for hydroxylation is 3. The molecular formula is C16H17N3OS. The Morgan fingerprint density at radius 3 is 2.67 bits per heavy atom. The van der Waals surface area contributed by atoms with Crippen LogP contribution < -0.4 is 4.90 Å². The lowest BCUT2D eigenvalue weighted by atomic mass is 10.2. The third-order valence-corrected chi connectivity index (χ3v) is 4.75. The highest BCUT2D eigenvalue weighted by Crippen LogP contribution is 2.34. The number of nitrogens with zero attached hydrogens (tertiary/aromatic N) is 2. The molecule has 5 heteroatoms. The molecule has 0 spiro atoms. The highest BCUT2D eigenvalue weighted by molar-refractivity contribution is 7.13. The van der Waals surface area contributed by atoms with E-state index >= 15 is 0 Å². The van der Waals surface area contributed by atoms with Crippen LogP contribution in [0.3, 0.4) is 0 Å². The predicted octanol–water partition coefficient (Wildman–Crippen LogP) is 3.83. The van der Waals surface area contributed by atoms with Crippen LogP contribution in [0.15, 0.2) is 30.0 Å². The van der Waals surface area contributed by atoms with Crippen LogP contribution in [0, 0.1) is 26.2 Å². The van der Waals surface area contributed by atoms with Crippen molar-refractivity contribution in [3.63, 3.8) is 0 Å². The van der Waals surface area contributed by atoms with Crippen LogP contribution >= 0.6 is 11.3 Å². The molecule has 2 aromatic rings. The van der Waals surface area contributed by atoms with Crippen molar-refractivity contribution in [1.82, 2.24) is 4.98 Å². The number of aromatic nitrogens is 1. The zero-order chi connectivity index (χ0) is 15.1. The number of aliphatic hydroxyl groups excluding tert-OH is 1. The van der Waals surface area contributed by atoms with Crippen LogP contribution in [0.2, 0.25) is 0 Å². The van der Waals surface area contributed by atoms with Crippen molar-refractivity contribution >= 4 is 28.4 Å². The van der Waals surface area contributed by atoms with Gasteiger partial charge in [0.2, 0.25) is 0 Å². The van der Waals surface area contributed by atoms with E-state index in [1.54, 1.807) is 0 Å². The quantitative estimate of drug-likeness (QED) is 0.886. The van der Waals surface area contributed by atoms with E-state index in [1.165, 1.54) is 11.3 Å². The molecule has 0 atom stereocenters. The van der Waals surface area contributed by atoms with Crippen LogP contribution in [0.5, 0.6) is 0 Å². The lowest BCUT2D eigenvalue weighted by molar-refractivity contribution is 0.411. The van der Waals surface area contributed by atoms with Crippen molar-refractivity contribution < 1.29 is 5.11 Å². The number of aliphatic hydroxyl groups is 1. The molecule has 21 heavy (non-hydrogen) atoms. The Morgan fingerprint density at radius 1 is 1.29 bits per heavy atom. The fraction of sp³-hybridized carbons (Fsp3) is 0.250. The first-order valence-corrected chi connectivity index (χ1v) is 7.58. The van der Waals surface area contributed by atoms with Crippen molar-refractivity contribution in [2.75, 3.05) is 11.4 Å². The van der Waals surface area contributed by atoms with Gasteiger partial charge < -0.3 is 10.0 Å². The van der Waals surface area contributed by atoms with E-state index in [-0.39, 0.29) is 5.76 Å². The van der Waals surface area contributed by atoms with Gasteiger partial charge in [0, 0.05) is 10.6 Å². The van der Waals surface area contributed by atoms with Gasteiger partial charge in [0.1, 0.15) is 16.6 Å². The Balaban J connectivity index is 1.98. The molecule has 0 unspecified atom stereocenters. The average molecular weight is 299 g/mol. The van der Waals surface area contributed by atoms with Gasteiger partial charge in [-0.05, 0) is 38.5 Å². The summed E-state index contributed by atoms with van der Waals surface area (Å²) in [4.78, 5) is 7.40. The van der Waals surface area contributed by atoms with Crippen molar-refractivity contribution in [3.05, 3.63) is 51.2 Å². The topological polar surface area (TPSA) is 60.2 Å². The minimum atomic E-state index is 0.218. The molecule has 0 amide bonds. The molecular weight excluding hydrogens is 282 g/mol. The molecule has 1 aromatic heterocycles. The van der Waals surface area contributed by atoms with Crippen molar-refractivity contribution in [2.45, 2.75) is 20.8 Å². The zero-order valence-corrected chi connectivity index (χ0v) is 13.1. The number of thiazole rings is 1. The van der Waals surface area contributed by atoms with Crippen molar-refractivity contribution in [2.24, 2.45) is 0 Å². The Morgan fingerprint density at radius 2 is 2.05 bits per heavy atom. The standard InChI is InChI=1S/C16H17N3OS/c1-9-5-4-6-12(7-9)19-8-13(20)14(15(19)17)16-18-10(2)11(3)21-16/h4-7,17,20H,8H2,1-3H3. The summed E-state index contributed by atoms with van der Waals surface area (Å²) in [5.41, 5.74) is 3.57. The zero-order valence-electron chi connectivity index (χ0n) is 12.3. The molecule has 0 saturated heterocycles. The number of hydrogen-bond donors (Lipinski definition) is 2. The fourth-order valence-corrected chi connectivity index (χ4v) is 3.38. The van der Waals surface area contributed by atoms with E-state index in [9.17, 15) is 5.11 Å². The smallest absolute Gasteiger partial charge is 0.139 e. The van der Waals surface area contributed by atoms with Crippen LogP contribution in [-0.4, -0.2) is 22.5 Å². The first-order valence-electron chi connectivity index (χ1n) is 6.77. The molecule has 0 saturated carbocycles. The van der Waals surface area contributed by atoms with Gasteiger partial charge in [0.25, 0.3) is 0 Å². The average Bonchev–Trinajstić information content (AvgIpc) is 2.90. The summed E-state index contributed by atoms with van der Waals surface area (Å²) >= 11 is 1.52. The van der Waals surface area contributed by atoms with Gasteiger partial charge >= 0.3 is 0 Å². The Labute approximate surface area is 127 Å². The van der Waals surface area contributed by atoms with Gasteiger partial charge in [-0.3, -0.25) is 5.41 Å². The maximum absolute atomic E-state index is 10.3. The maximum atomic E-state index is 10.3. The Bertz CT molecular complexity index is 741. The van der Waals surface area contributed by atoms with Crippen LogP contribution in [0.4, 0.5) is 5.69 Å². The molecule has 0 bridgehead atoms. The highest BCUT2D eigenvalue weighted by atomic mass is 32.1. The number of anilines is 1. The summed E-state index contributed by atoms with van der Waals surface area (Å²) in [5, 5.41) is 19.4. The number of hydrogen-bond acceptors (Lipinski definition) is 4. The van der Waals surface area contributed by atoms with E-state index < -0.39 is 0 Å². The number of nitrogens with one attached hydrogen (secondary N) is 1. The summed E-state index contributed by atoms with van der Waals surface area (Å²) in [6.07, 6.45) is 0. The predicted molar refractivity (Wildman–Crippen MR) is 87.4 cm³/mol. The van der Waals surface area contributed by atoms with Gasteiger partial charge in [0.05, 0.1) is 17.8 Å². The molecule has 2 heterocycles. The number of rotatable bonds is 2. The van der Waals surface area contributed by atoms with E-state index in [2.05, 4.69) is 4.98 Å². The normalized spacial score (nSPS) is 15.2. The van der Waals surface area contributed by atoms with Crippen LogP contribution in [-0.2, 0) is 0 Å². The fourth-order valence-electron chi connectivity index (χ4n) is 2.40. The van der Waals surface area contributed by atoms with Gasteiger partial charge in [-0.25, -0.2) is 4.98 Å². The molecule has 4 nitrogen and oxygen atoms in total. The van der Waals surface area contributed by atoms with E-state index in [4.69, 9.17) is 5.41 Å². The molecule has 0 aliphatic carbocycles. The molecule has 1 aromatic carbocycles. The molecule has 1 aliphatic rings. The molecule has 2 N–H and O–H groups in total. The summed E-state index contributed by atoms with van der Waals surface area (Å²) in [6, 6.07) is 7.95. The van der Waals surface area contributed by atoms with Gasteiger partial charge in [-0.2, -0.15) is 0 Å². The lowest BCUT2D eigenvalue weighted by Gasteiger charge is -2.18. The lowest BCUT2D eigenvalue weighted by Crippen LogP contribution is -2.26. The van der Waals surface area contributed by atoms with Crippen molar-refractivity contribution in [3.8, 4) is 0 Å². The first kappa shape index (κ1) is 13.8. The molecule has 108 valence electrons. The van der Waals surface area contributed by atoms with Gasteiger partial charge in [0.15, 0.2) is 0 Å². The Hall–Kier alpha value is -2.14. The monoisotopic (exact) mass is 299 g/mol. The molecule has 0 radical (unpaired) electrons. The SMILES string of the molecule is Cc1cccc(N2CC(O)=C(c3nc(C)c(C)s3)C2=N)c1. The summed E-state index contributed by atoms with van der Waals surface area (Å²) < 4.78 is 0. The van der Waals surface area contributed by atoms with E-state index in [1.807, 2.05) is 49.9 Å². The second kappa shape index (κ2) is 5.00. The summed E-state index contributed by atoms with van der Waals surface area (Å²) in [7, 11) is 0. The summed E-state index contributed by atoms with van der Waals surface area (Å²) in [5.74, 6) is 0.530. The molecule has 1 aliphatic heterocycles. The van der Waals surface area contributed by atoms with Gasteiger partial charge in [-0.1, -0.05) is 12.1 Å². The van der Waals surface area contributed by atoms with Crippen LogP contribution in [0.1, 0.15) is 21.1 Å². The number of amidine groups is 1. The van der Waals surface area contributed by atoms with E-state index in [0.717, 1.165) is 26.8 Å². The first-order chi connectivity index (χ1) is 9.97. The highest BCUT2D eigenvalue weighted by Gasteiger charge is 2.31. The number of benzene rings is 1. The van der Waals surface area contributed by atoms with Crippen molar-refractivity contribution in [1.29, 1.82) is 5.41 Å². The maximum Gasteiger partial charge on any atom is 0.139 e. The Kier molecular flexibility index (Phi) is 3.29. The van der Waals surface area contributed by atoms with Crippen LogP contribution in [0.25, 0.3) is 5.57 Å². The minimum absolute atomic E-state index is 0.218. The minimum Gasteiger partial charge on any atom is -0.510 e. The second-order valence-corrected chi connectivity index (χ2v) is 6.46. The third-order valence-electron chi connectivity index (χ3n) is 3.66. The third kappa shape index (κ3) is 2.34. The molecule has 3 rings (SSSR count). The largest absolute Gasteiger partial charge is 0.510 e.